The fourth-order valence-electron chi connectivity index (χ4n) is 1.48. The number of carbonyl (C=O) groups excluding carboxylic acids is 1. The maximum absolute atomic E-state index is 12.1. The van der Waals surface area contributed by atoms with E-state index in [4.69, 9.17) is 5.84 Å². The standard InChI is InChI=1S/C11H10BrN3O3S2/c12-7-3-4-9(8(6-7)11(16)14-13)15-20(17,18)10-2-1-5-19-10/h1-6,15H,13H2,(H,14,16). The summed E-state index contributed by atoms with van der Waals surface area (Å²) in [4.78, 5) is 11.7. The third kappa shape index (κ3) is 3.18. The predicted molar refractivity (Wildman–Crippen MR) is 80.9 cm³/mol. The van der Waals surface area contributed by atoms with Crippen molar-refractivity contribution in [3.63, 3.8) is 0 Å². The van der Waals surface area contributed by atoms with Gasteiger partial charge in [0.15, 0.2) is 0 Å². The van der Waals surface area contributed by atoms with Gasteiger partial charge in [-0.15, -0.1) is 11.3 Å². The van der Waals surface area contributed by atoms with Crippen molar-refractivity contribution in [2.45, 2.75) is 4.21 Å². The Kier molecular flexibility index (Phi) is 4.43. The van der Waals surface area contributed by atoms with E-state index in [9.17, 15) is 13.2 Å². The highest BCUT2D eigenvalue weighted by atomic mass is 79.9. The molecule has 1 heterocycles. The lowest BCUT2D eigenvalue weighted by atomic mass is 10.2. The largest absolute Gasteiger partial charge is 0.290 e. The van der Waals surface area contributed by atoms with E-state index in [-0.39, 0.29) is 15.5 Å². The highest BCUT2D eigenvalue weighted by Gasteiger charge is 2.19. The maximum atomic E-state index is 12.1. The van der Waals surface area contributed by atoms with Gasteiger partial charge in [0, 0.05) is 4.47 Å². The number of nitrogens with two attached hydrogens (primary N) is 1. The summed E-state index contributed by atoms with van der Waals surface area (Å²) >= 11 is 4.30. The van der Waals surface area contributed by atoms with Crippen molar-refractivity contribution >= 4 is 48.9 Å². The lowest BCUT2D eigenvalue weighted by Crippen LogP contribution is -2.31. The first-order valence-corrected chi connectivity index (χ1v) is 8.46. The van der Waals surface area contributed by atoms with Crippen LogP contribution in [0.2, 0.25) is 0 Å². The van der Waals surface area contributed by atoms with Crippen LogP contribution in [0.15, 0.2) is 44.4 Å². The summed E-state index contributed by atoms with van der Waals surface area (Å²) in [7, 11) is -3.71. The molecule has 0 atom stereocenters. The van der Waals surface area contributed by atoms with E-state index in [0.717, 1.165) is 11.3 Å². The van der Waals surface area contributed by atoms with Gasteiger partial charge in [-0.25, -0.2) is 14.3 Å². The number of carbonyl (C=O) groups is 1. The molecule has 9 heteroatoms. The molecule has 1 amide bonds. The van der Waals surface area contributed by atoms with Crippen LogP contribution in [-0.4, -0.2) is 14.3 Å². The van der Waals surface area contributed by atoms with Crippen molar-refractivity contribution < 1.29 is 13.2 Å². The second kappa shape index (κ2) is 5.92. The number of hydrazine groups is 1. The molecule has 1 aromatic carbocycles. The van der Waals surface area contributed by atoms with Gasteiger partial charge in [-0.2, -0.15) is 0 Å². The van der Waals surface area contributed by atoms with Crippen LogP contribution in [0.4, 0.5) is 5.69 Å². The third-order valence-corrected chi connectivity index (χ3v) is 5.62. The Morgan fingerprint density at radius 1 is 1.30 bits per heavy atom. The first-order valence-electron chi connectivity index (χ1n) is 5.31. The maximum Gasteiger partial charge on any atom is 0.271 e. The van der Waals surface area contributed by atoms with Crippen LogP contribution >= 0.6 is 27.3 Å². The van der Waals surface area contributed by atoms with E-state index in [1.54, 1.807) is 17.5 Å². The van der Waals surface area contributed by atoms with Crippen molar-refractivity contribution in [3.05, 3.63) is 45.7 Å². The molecule has 0 fully saturated rings. The third-order valence-electron chi connectivity index (χ3n) is 2.36. The molecule has 0 aliphatic rings. The first kappa shape index (κ1) is 15.0. The number of sulfonamides is 1. The van der Waals surface area contributed by atoms with Crippen molar-refractivity contribution in [2.75, 3.05) is 4.72 Å². The average molecular weight is 376 g/mol. The predicted octanol–water partition coefficient (Wildman–Crippen LogP) is 1.91. The van der Waals surface area contributed by atoms with Crippen LogP contribution in [0, 0.1) is 0 Å². The molecule has 20 heavy (non-hydrogen) atoms. The zero-order valence-electron chi connectivity index (χ0n) is 9.96. The number of anilines is 1. The van der Waals surface area contributed by atoms with Gasteiger partial charge in [0.05, 0.1) is 11.3 Å². The van der Waals surface area contributed by atoms with Gasteiger partial charge >= 0.3 is 0 Å². The Morgan fingerprint density at radius 2 is 2.05 bits per heavy atom. The van der Waals surface area contributed by atoms with Crippen LogP contribution in [0.5, 0.6) is 0 Å². The number of amides is 1. The van der Waals surface area contributed by atoms with Gasteiger partial charge in [-0.3, -0.25) is 14.9 Å². The van der Waals surface area contributed by atoms with E-state index in [1.807, 2.05) is 5.43 Å². The number of halogens is 1. The minimum Gasteiger partial charge on any atom is -0.290 e. The summed E-state index contributed by atoms with van der Waals surface area (Å²) in [5.41, 5.74) is 2.26. The number of rotatable bonds is 4. The van der Waals surface area contributed by atoms with E-state index >= 15 is 0 Å². The molecule has 0 saturated heterocycles. The molecule has 0 bridgehead atoms. The van der Waals surface area contributed by atoms with E-state index < -0.39 is 15.9 Å². The second-order valence-corrected chi connectivity index (χ2v) is 7.47. The Balaban J connectivity index is 2.42. The van der Waals surface area contributed by atoms with Crippen molar-refractivity contribution in [2.24, 2.45) is 5.84 Å². The summed E-state index contributed by atoms with van der Waals surface area (Å²) in [6.45, 7) is 0. The molecule has 6 nitrogen and oxygen atoms in total. The quantitative estimate of drug-likeness (QED) is 0.431. The molecule has 4 N–H and O–H groups in total. The van der Waals surface area contributed by atoms with Gasteiger partial charge in [-0.05, 0) is 29.6 Å². The fourth-order valence-corrected chi connectivity index (χ4v) is 3.92. The van der Waals surface area contributed by atoms with Crippen LogP contribution in [0.1, 0.15) is 10.4 Å². The zero-order chi connectivity index (χ0) is 14.8. The number of nitrogen functional groups attached to an aromatic ring is 1. The normalized spacial score (nSPS) is 11.1. The fraction of sp³-hybridized carbons (Fsp3) is 0. The summed E-state index contributed by atoms with van der Waals surface area (Å²) in [5, 5.41) is 1.66. The topological polar surface area (TPSA) is 101 Å². The highest BCUT2D eigenvalue weighted by molar-refractivity contribution is 9.10. The van der Waals surface area contributed by atoms with E-state index in [0.29, 0.717) is 4.47 Å². The molecule has 0 aliphatic carbocycles. The molecule has 106 valence electrons. The highest BCUT2D eigenvalue weighted by Crippen LogP contribution is 2.25. The minimum absolute atomic E-state index is 0.127. The Morgan fingerprint density at radius 3 is 2.65 bits per heavy atom. The number of nitrogens with one attached hydrogen (secondary N) is 2. The van der Waals surface area contributed by atoms with E-state index in [1.165, 1.54) is 18.2 Å². The van der Waals surface area contributed by atoms with Gasteiger partial charge in [0.2, 0.25) is 0 Å². The second-order valence-electron chi connectivity index (χ2n) is 3.70. The number of hydrogen-bond donors (Lipinski definition) is 3. The Labute approximate surface area is 128 Å². The molecule has 0 spiro atoms. The number of hydrogen-bond acceptors (Lipinski definition) is 5. The molecule has 2 rings (SSSR count). The van der Waals surface area contributed by atoms with Crippen molar-refractivity contribution in [3.8, 4) is 0 Å². The van der Waals surface area contributed by atoms with Crippen molar-refractivity contribution in [1.29, 1.82) is 0 Å². The molecule has 0 aliphatic heterocycles. The molecular formula is C11H10BrN3O3S2. The summed E-state index contributed by atoms with van der Waals surface area (Å²) in [6, 6.07) is 7.71. The first-order chi connectivity index (χ1) is 9.44. The van der Waals surface area contributed by atoms with E-state index in [2.05, 4.69) is 20.7 Å². The van der Waals surface area contributed by atoms with Gasteiger partial charge in [-0.1, -0.05) is 22.0 Å². The lowest BCUT2D eigenvalue weighted by Gasteiger charge is -2.11. The van der Waals surface area contributed by atoms with Crippen LogP contribution in [0.3, 0.4) is 0 Å². The monoisotopic (exact) mass is 375 g/mol. The number of benzene rings is 1. The average Bonchev–Trinajstić information content (AvgIpc) is 2.94. The Bertz CT molecular complexity index is 729. The van der Waals surface area contributed by atoms with Crippen molar-refractivity contribution in [1.82, 2.24) is 5.43 Å². The lowest BCUT2D eigenvalue weighted by molar-refractivity contribution is 0.0954. The zero-order valence-corrected chi connectivity index (χ0v) is 13.2. The summed E-state index contributed by atoms with van der Waals surface area (Å²) < 4.78 is 27.4. The van der Waals surface area contributed by atoms with Gasteiger partial charge < -0.3 is 0 Å². The molecule has 0 saturated carbocycles. The SMILES string of the molecule is NNC(=O)c1cc(Br)ccc1NS(=O)(=O)c1cccs1. The molecule has 0 unspecified atom stereocenters. The summed E-state index contributed by atoms with van der Waals surface area (Å²) in [5.74, 6) is 4.50. The van der Waals surface area contributed by atoms with Crippen LogP contribution in [0.25, 0.3) is 0 Å². The van der Waals surface area contributed by atoms with Crippen LogP contribution in [-0.2, 0) is 10.0 Å². The Hall–Kier alpha value is -1.42. The molecule has 1 aromatic heterocycles. The van der Waals surface area contributed by atoms with Gasteiger partial charge in [0.25, 0.3) is 15.9 Å². The minimum atomic E-state index is -3.71. The molecule has 2 aromatic rings. The summed E-state index contributed by atoms with van der Waals surface area (Å²) in [6.07, 6.45) is 0. The molecular weight excluding hydrogens is 366 g/mol. The molecule has 0 radical (unpaired) electrons. The van der Waals surface area contributed by atoms with Crippen LogP contribution < -0.4 is 16.0 Å². The van der Waals surface area contributed by atoms with Gasteiger partial charge in [0.1, 0.15) is 4.21 Å². The number of thiophene rings is 1. The smallest absolute Gasteiger partial charge is 0.271 e.